The zero-order valence-electron chi connectivity index (χ0n) is 15.0. The first-order chi connectivity index (χ1) is 13.0. The molecule has 0 bridgehead atoms. The van der Waals surface area contributed by atoms with Crippen LogP contribution in [-0.4, -0.2) is 24.1 Å². The van der Waals surface area contributed by atoms with Crippen LogP contribution in [0.2, 0.25) is 10.0 Å². The van der Waals surface area contributed by atoms with Crippen LogP contribution in [0.3, 0.4) is 0 Å². The molecule has 0 atom stereocenters. The first-order valence-electron chi connectivity index (χ1n) is 8.31. The van der Waals surface area contributed by atoms with Crippen molar-refractivity contribution in [3.05, 3.63) is 75.9 Å². The molecule has 1 aromatic heterocycles. The highest BCUT2D eigenvalue weighted by atomic mass is 35.5. The van der Waals surface area contributed by atoms with Gasteiger partial charge in [-0.25, -0.2) is 9.97 Å². The average Bonchev–Trinajstić information content (AvgIpc) is 2.68. The van der Waals surface area contributed by atoms with E-state index in [-0.39, 0.29) is 0 Å². The van der Waals surface area contributed by atoms with Crippen molar-refractivity contribution in [2.45, 2.75) is 21.6 Å². The molecule has 1 heterocycles. The van der Waals surface area contributed by atoms with Crippen molar-refractivity contribution < 1.29 is 0 Å². The van der Waals surface area contributed by atoms with Gasteiger partial charge in [0.25, 0.3) is 0 Å². The van der Waals surface area contributed by atoms with Gasteiger partial charge in [0.2, 0.25) is 0 Å². The molecule has 0 aliphatic carbocycles. The van der Waals surface area contributed by atoms with Gasteiger partial charge in [0.15, 0.2) is 5.16 Å². The van der Waals surface area contributed by atoms with Gasteiger partial charge in [0.05, 0.1) is 15.7 Å². The molecule has 0 radical (unpaired) electrons. The Hall–Kier alpha value is -1.40. The SMILES string of the molecule is CN(C)c1cc(CSc2ccccc2)nc(SCc2ccc(Cl)c(Cl)c2)n1. The Morgan fingerprint density at radius 3 is 2.33 bits per heavy atom. The second kappa shape index (κ2) is 9.69. The van der Waals surface area contributed by atoms with Gasteiger partial charge < -0.3 is 4.90 Å². The minimum absolute atomic E-state index is 0.566. The summed E-state index contributed by atoms with van der Waals surface area (Å²) >= 11 is 15.5. The molecule has 0 N–H and O–H groups in total. The first kappa shape index (κ1) is 20.3. The summed E-state index contributed by atoms with van der Waals surface area (Å²) < 4.78 is 0. The molecule has 3 rings (SSSR count). The molecule has 0 fully saturated rings. The highest BCUT2D eigenvalue weighted by Gasteiger charge is 2.09. The van der Waals surface area contributed by atoms with Crippen molar-refractivity contribution in [2.24, 2.45) is 0 Å². The maximum atomic E-state index is 6.11. The summed E-state index contributed by atoms with van der Waals surface area (Å²) in [5.74, 6) is 2.44. The smallest absolute Gasteiger partial charge is 0.190 e. The Labute approximate surface area is 178 Å². The van der Waals surface area contributed by atoms with E-state index in [0.29, 0.717) is 10.0 Å². The van der Waals surface area contributed by atoms with E-state index in [1.54, 1.807) is 23.5 Å². The zero-order chi connectivity index (χ0) is 19.2. The summed E-state index contributed by atoms with van der Waals surface area (Å²) in [6.07, 6.45) is 0. The number of nitrogens with zero attached hydrogens (tertiary/aromatic N) is 3. The van der Waals surface area contributed by atoms with E-state index < -0.39 is 0 Å². The van der Waals surface area contributed by atoms with Crippen molar-refractivity contribution >= 4 is 52.5 Å². The maximum absolute atomic E-state index is 6.11. The van der Waals surface area contributed by atoms with Gasteiger partial charge in [0, 0.05) is 36.6 Å². The summed E-state index contributed by atoms with van der Waals surface area (Å²) in [4.78, 5) is 12.6. The molecule has 0 aliphatic heterocycles. The first-order valence-corrected chi connectivity index (χ1v) is 11.0. The Bertz CT molecular complexity index is 905. The molecule has 3 aromatic rings. The molecule has 0 saturated carbocycles. The molecule has 3 nitrogen and oxygen atoms in total. The predicted octanol–water partition coefficient (Wildman–Crippen LogP) is 6.43. The fourth-order valence-electron chi connectivity index (χ4n) is 2.28. The largest absolute Gasteiger partial charge is 0.363 e. The van der Waals surface area contributed by atoms with Crippen LogP contribution >= 0.6 is 46.7 Å². The summed E-state index contributed by atoms with van der Waals surface area (Å²) in [7, 11) is 3.98. The minimum atomic E-state index is 0.566. The van der Waals surface area contributed by atoms with E-state index in [0.717, 1.165) is 33.7 Å². The summed E-state index contributed by atoms with van der Waals surface area (Å²) in [6.45, 7) is 0. The lowest BCUT2D eigenvalue weighted by atomic mass is 10.2. The van der Waals surface area contributed by atoms with Gasteiger partial charge in [0.1, 0.15) is 5.82 Å². The number of hydrogen-bond donors (Lipinski definition) is 0. The van der Waals surface area contributed by atoms with Crippen molar-refractivity contribution in [3.8, 4) is 0 Å². The number of anilines is 1. The van der Waals surface area contributed by atoms with Crippen LogP contribution in [0.1, 0.15) is 11.3 Å². The minimum Gasteiger partial charge on any atom is -0.363 e. The van der Waals surface area contributed by atoms with Crippen LogP contribution in [0.5, 0.6) is 0 Å². The molecule has 0 aliphatic rings. The number of benzene rings is 2. The van der Waals surface area contributed by atoms with Gasteiger partial charge in [-0.15, -0.1) is 11.8 Å². The van der Waals surface area contributed by atoms with E-state index in [1.165, 1.54) is 4.90 Å². The Morgan fingerprint density at radius 1 is 0.852 bits per heavy atom. The fraction of sp³-hybridized carbons (Fsp3) is 0.200. The molecular weight excluding hydrogens is 417 g/mol. The molecule has 0 amide bonds. The number of halogens is 2. The van der Waals surface area contributed by atoms with Crippen LogP contribution in [-0.2, 0) is 11.5 Å². The molecule has 0 spiro atoms. The van der Waals surface area contributed by atoms with Gasteiger partial charge in [-0.1, -0.05) is 59.2 Å². The van der Waals surface area contributed by atoms with Gasteiger partial charge >= 0.3 is 0 Å². The number of aromatic nitrogens is 2. The second-order valence-corrected chi connectivity index (χ2v) is 8.84. The molecule has 0 saturated heterocycles. The van der Waals surface area contributed by atoms with Crippen LogP contribution in [0.15, 0.2) is 64.6 Å². The molecular formula is C20H19Cl2N3S2. The average molecular weight is 436 g/mol. The lowest BCUT2D eigenvalue weighted by molar-refractivity contribution is 0.897. The third-order valence-corrected chi connectivity index (χ3v) is 6.39. The molecule has 2 aromatic carbocycles. The molecule has 140 valence electrons. The van der Waals surface area contributed by atoms with E-state index in [4.69, 9.17) is 28.2 Å². The van der Waals surface area contributed by atoms with Crippen molar-refractivity contribution in [3.63, 3.8) is 0 Å². The quantitative estimate of drug-likeness (QED) is 0.314. The highest BCUT2D eigenvalue weighted by Crippen LogP contribution is 2.28. The van der Waals surface area contributed by atoms with Crippen LogP contribution in [0.4, 0.5) is 5.82 Å². The third-order valence-electron chi connectivity index (χ3n) is 3.69. The third kappa shape index (κ3) is 6.04. The van der Waals surface area contributed by atoms with Gasteiger partial charge in [-0.2, -0.15) is 0 Å². The molecule has 0 unspecified atom stereocenters. The van der Waals surface area contributed by atoms with Crippen LogP contribution < -0.4 is 4.90 Å². The van der Waals surface area contributed by atoms with E-state index in [2.05, 4.69) is 17.1 Å². The normalized spacial score (nSPS) is 10.8. The van der Waals surface area contributed by atoms with Gasteiger partial charge in [-0.05, 0) is 29.8 Å². The van der Waals surface area contributed by atoms with E-state index in [1.807, 2.05) is 61.5 Å². The summed E-state index contributed by atoms with van der Waals surface area (Å²) in [5.41, 5.74) is 2.10. The number of rotatable bonds is 7. The molecule has 27 heavy (non-hydrogen) atoms. The van der Waals surface area contributed by atoms with Crippen molar-refractivity contribution in [2.75, 3.05) is 19.0 Å². The van der Waals surface area contributed by atoms with Gasteiger partial charge in [-0.3, -0.25) is 0 Å². The van der Waals surface area contributed by atoms with Crippen LogP contribution in [0, 0.1) is 0 Å². The number of hydrogen-bond acceptors (Lipinski definition) is 5. The maximum Gasteiger partial charge on any atom is 0.190 e. The lowest BCUT2D eigenvalue weighted by Gasteiger charge is -2.14. The second-order valence-electron chi connectivity index (χ2n) is 6.03. The van der Waals surface area contributed by atoms with Crippen LogP contribution in [0.25, 0.3) is 0 Å². The standard InChI is InChI=1S/C20H19Cl2N3S2/c1-25(2)19-11-15(13-26-16-6-4-3-5-7-16)23-20(24-19)27-12-14-8-9-17(21)18(22)10-14/h3-11H,12-13H2,1-2H3. The van der Waals surface area contributed by atoms with Crippen molar-refractivity contribution in [1.82, 2.24) is 9.97 Å². The van der Waals surface area contributed by atoms with E-state index in [9.17, 15) is 0 Å². The summed E-state index contributed by atoms with van der Waals surface area (Å²) in [5, 5.41) is 1.89. The molecule has 7 heteroatoms. The summed E-state index contributed by atoms with van der Waals surface area (Å²) in [6, 6.07) is 18.1. The number of thioether (sulfide) groups is 2. The van der Waals surface area contributed by atoms with Crippen molar-refractivity contribution in [1.29, 1.82) is 0 Å². The Balaban J connectivity index is 1.73. The van der Waals surface area contributed by atoms with E-state index >= 15 is 0 Å². The monoisotopic (exact) mass is 435 g/mol. The Kier molecular flexibility index (Phi) is 7.30. The highest BCUT2D eigenvalue weighted by molar-refractivity contribution is 7.98. The predicted molar refractivity (Wildman–Crippen MR) is 118 cm³/mol. The zero-order valence-corrected chi connectivity index (χ0v) is 18.2. The Morgan fingerprint density at radius 2 is 1.63 bits per heavy atom. The lowest BCUT2D eigenvalue weighted by Crippen LogP contribution is -2.12. The topological polar surface area (TPSA) is 29.0 Å². The fourth-order valence-corrected chi connectivity index (χ4v) is 4.23.